The van der Waals surface area contributed by atoms with Crippen molar-refractivity contribution in [2.75, 3.05) is 0 Å². The summed E-state index contributed by atoms with van der Waals surface area (Å²) in [5, 5.41) is 9.77. The third-order valence-corrected chi connectivity index (χ3v) is 1.71. The molecule has 1 unspecified atom stereocenters. The molecule has 0 aliphatic heterocycles. The summed E-state index contributed by atoms with van der Waals surface area (Å²) in [5.74, 6) is 0. The minimum absolute atomic E-state index is 0.172. The Morgan fingerprint density at radius 3 is 2.50 bits per heavy atom. The van der Waals surface area contributed by atoms with Gasteiger partial charge in [0.2, 0.25) is 0 Å². The maximum atomic E-state index is 9.77. The van der Waals surface area contributed by atoms with Gasteiger partial charge in [0.1, 0.15) is 12.4 Å². The lowest BCUT2D eigenvalue weighted by atomic mass is 9.87. The first-order valence-corrected chi connectivity index (χ1v) is 3.96. The van der Waals surface area contributed by atoms with Crippen LogP contribution in [0.2, 0.25) is 0 Å². The summed E-state index contributed by atoms with van der Waals surface area (Å²) in [6.07, 6.45) is 2.56. The van der Waals surface area contributed by atoms with E-state index in [1.54, 1.807) is 12.3 Å². The molecule has 0 radical (unpaired) electrons. The van der Waals surface area contributed by atoms with Gasteiger partial charge in [0.25, 0.3) is 0 Å². The largest absolute Gasteiger partial charge is 0.386 e. The number of aliphatic hydroxyl groups excluding tert-OH is 1. The normalized spacial score (nSPS) is 14.3. The maximum absolute atomic E-state index is 9.77. The molecule has 12 heavy (non-hydrogen) atoms. The van der Waals surface area contributed by atoms with Crippen LogP contribution in [0.25, 0.3) is 0 Å². The quantitative estimate of drug-likeness (QED) is 0.688. The van der Waals surface area contributed by atoms with Gasteiger partial charge < -0.3 is 5.11 Å². The molecule has 3 heteroatoms. The van der Waals surface area contributed by atoms with Crippen LogP contribution in [-0.2, 0) is 0 Å². The van der Waals surface area contributed by atoms with E-state index in [0.717, 1.165) is 0 Å². The van der Waals surface area contributed by atoms with Crippen LogP contribution in [0.1, 0.15) is 32.6 Å². The lowest BCUT2D eigenvalue weighted by Gasteiger charge is -2.24. The smallest absolute Gasteiger partial charge is 0.115 e. The third kappa shape index (κ3) is 2.01. The molecular weight excluding hydrogens is 152 g/mol. The highest BCUT2D eigenvalue weighted by atomic mass is 16.3. The topological polar surface area (TPSA) is 46.0 Å². The average molecular weight is 166 g/mol. The first kappa shape index (κ1) is 9.13. The highest BCUT2D eigenvalue weighted by Gasteiger charge is 2.24. The van der Waals surface area contributed by atoms with Gasteiger partial charge in [-0.05, 0) is 11.5 Å². The van der Waals surface area contributed by atoms with E-state index in [-0.39, 0.29) is 5.41 Å². The molecule has 0 bridgehead atoms. The Morgan fingerprint density at radius 1 is 1.42 bits per heavy atom. The predicted molar refractivity (Wildman–Crippen MR) is 46.4 cm³/mol. The monoisotopic (exact) mass is 166 g/mol. The van der Waals surface area contributed by atoms with E-state index in [4.69, 9.17) is 0 Å². The Kier molecular flexibility index (Phi) is 2.43. The fourth-order valence-electron chi connectivity index (χ4n) is 0.906. The van der Waals surface area contributed by atoms with Crippen molar-refractivity contribution in [3.05, 3.63) is 24.3 Å². The van der Waals surface area contributed by atoms with Gasteiger partial charge in [0, 0.05) is 6.20 Å². The van der Waals surface area contributed by atoms with E-state index in [9.17, 15) is 5.11 Å². The Balaban J connectivity index is 2.86. The minimum atomic E-state index is -0.527. The molecule has 3 nitrogen and oxygen atoms in total. The third-order valence-electron chi connectivity index (χ3n) is 1.71. The minimum Gasteiger partial charge on any atom is -0.386 e. The fraction of sp³-hybridized carbons (Fsp3) is 0.556. The summed E-state index contributed by atoms with van der Waals surface area (Å²) in [6.45, 7) is 5.92. The van der Waals surface area contributed by atoms with Crippen LogP contribution in [0.4, 0.5) is 0 Å². The van der Waals surface area contributed by atoms with Crippen LogP contribution in [0.15, 0.2) is 18.6 Å². The standard InChI is InChI=1S/C9H14N2O/c1-9(2,3)8(12)7-4-5-10-6-11-7/h4-6,8,12H,1-3H3. The van der Waals surface area contributed by atoms with Crippen molar-refractivity contribution in [3.8, 4) is 0 Å². The molecule has 0 aliphatic rings. The summed E-state index contributed by atoms with van der Waals surface area (Å²) in [4.78, 5) is 7.77. The Morgan fingerprint density at radius 2 is 2.08 bits per heavy atom. The van der Waals surface area contributed by atoms with Crippen LogP contribution in [0.3, 0.4) is 0 Å². The Bertz CT molecular complexity index is 240. The molecule has 0 aromatic carbocycles. The van der Waals surface area contributed by atoms with Crippen molar-refractivity contribution < 1.29 is 5.11 Å². The van der Waals surface area contributed by atoms with Gasteiger partial charge >= 0.3 is 0 Å². The molecule has 1 rings (SSSR count). The van der Waals surface area contributed by atoms with E-state index in [1.807, 2.05) is 20.8 Å². The molecule has 0 spiro atoms. The summed E-state index contributed by atoms with van der Waals surface area (Å²) in [5.41, 5.74) is 0.506. The van der Waals surface area contributed by atoms with Gasteiger partial charge in [-0.25, -0.2) is 9.97 Å². The van der Waals surface area contributed by atoms with Gasteiger partial charge in [-0.15, -0.1) is 0 Å². The summed E-state index contributed by atoms with van der Waals surface area (Å²) in [7, 11) is 0. The average Bonchev–Trinajstić information content (AvgIpc) is 2.03. The van der Waals surface area contributed by atoms with E-state index in [2.05, 4.69) is 9.97 Å². The van der Waals surface area contributed by atoms with Gasteiger partial charge in [-0.3, -0.25) is 0 Å². The lowest BCUT2D eigenvalue weighted by molar-refractivity contribution is 0.0588. The van der Waals surface area contributed by atoms with Crippen molar-refractivity contribution in [1.29, 1.82) is 0 Å². The second-order valence-electron chi connectivity index (χ2n) is 3.90. The first-order valence-electron chi connectivity index (χ1n) is 3.96. The zero-order chi connectivity index (χ0) is 9.19. The zero-order valence-corrected chi connectivity index (χ0v) is 7.65. The molecule has 1 heterocycles. The predicted octanol–water partition coefficient (Wildman–Crippen LogP) is 1.56. The summed E-state index contributed by atoms with van der Waals surface area (Å²) < 4.78 is 0. The molecule has 0 fully saturated rings. The van der Waals surface area contributed by atoms with Gasteiger partial charge in [0.05, 0.1) is 5.69 Å². The Hall–Kier alpha value is -0.960. The SMILES string of the molecule is CC(C)(C)C(O)c1ccncn1. The van der Waals surface area contributed by atoms with Crippen molar-refractivity contribution >= 4 is 0 Å². The number of aliphatic hydroxyl groups is 1. The molecule has 0 amide bonds. The molecule has 1 atom stereocenters. The molecule has 1 aromatic heterocycles. The van der Waals surface area contributed by atoms with E-state index >= 15 is 0 Å². The van der Waals surface area contributed by atoms with Crippen LogP contribution in [-0.4, -0.2) is 15.1 Å². The molecule has 0 saturated carbocycles. The molecule has 0 aliphatic carbocycles. The zero-order valence-electron chi connectivity index (χ0n) is 7.65. The number of hydrogen-bond donors (Lipinski definition) is 1. The fourth-order valence-corrected chi connectivity index (χ4v) is 0.906. The second-order valence-corrected chi connectivity index (χ2v) is 3.90. The van der Waals surface area contributed by atoms with Crippen molar-refractivity contribution in [3.63, 3.8) is 0 Å². The van der Waals surface area contributed by atoms with Gasteiger partial charge in [-0.2, -0.15) is 0 Å². The first-order chi connectivity index (χ1) is 5.52. The van der Waals surface area contributed by atoms with E-state index in [0.29, 0.717) is 5.69 Å². The molecule has 0 saturated heterocycles. The van der Waals surface area contributed by atoms with Crippen LogP contribution >= 0.6 is 0 Å². The van der Waals surface area contributed by atoms with Crippen molar-refractivity contribution in [2.45, 2.75) is 26.9 Å². The molecule has 1 aromatic rings. The number of rotatable bonds is 1. The summed E-state index contributed by atoms with van der Waals surface area (Å²) >= 11 is 0. The second kappa shape index (κ2) is 3.19. The molecule has 1 N–H and O–H groups in total. The van der Waals surface area contributed by atoms with Gasteiger partial charge in [-0.1, -0.05) is 20.8 Å². The van der Waals surface area contributed by atoms with Crippen LogP contribution in [0.5, 0.6) is 0 Å². The van der Waals surface area contributed by atoms with Crippen LogP contribution < -0.4 is 0 Å². The van der Waals surface area contributed by atoms with Crippen molar-refractivity contribution in [2.24, 2.45) is 5.41 Å². The summed E-state index contributed by atoms with van der Waals surface area (Å²) in [6, 6.07) is 1.73. The molecule has 66 valence electrons. The highest BCUT2D eigenvalue weighted by molar-refractivity contribution is 5.04. The highest BCUT2D eigenvalue weighted by Crippen LogP contribution is 2.30. The van der Waals surface area contributed by atoms with E-state index in [1.165, 1.54) is 6.33 Å². The number of hydrogen-bond acceptors (Lipinski definition) is 3. The maximum Gasteiger partial charge on any atom is 0.115 e. The van der Waals surface area contributed by atoms with Gasteiger partial charge in [0.15, 0.2) is 0 Å². The van der Waals surface area contributed by atoms with Crippen molar-refractivity contribution in [1.82, 2.24) is 9.97 Å². The number of aromatic nitrogens is 2. The number of nitrogens with zero attached hydrogens (tertiary/aromatic N) is 2. The Labute approximate surface area is 72.5 Å². The van der Waals surface area contributed by atoms with Crippen LogP contribution in [0, 0.1) is 5.41 Å². The molecular formula is C9H14N2O. The lowest BCUT2D eigenvalue weighted by Crippen LogP contribution is -2.18. The van der Waals surface area contributed by atoms with E-state index < -0.39 is 6.10 Å².